The molecule has 0 spiro atoms. The molecule has 9 heteroatoms. The molecule has 0 aliphatic carbocycles. The first-order valence-corrected chi connectivity index (χ1v) is 8.43. The second-order valence-corrected chi connectivity index (χ2v) is 6.38. The number of hydrogen-bond donors (Lipinski definition) is 1. The van der Waals surface area contributed by atoms with E-state index in [9.17, 15) is 14.0 Å². The first-order chi connectivity index (χ1) is 13.0. The number of aromatic nitrogens is 4. The number of nitrogens with zero attached hydrogens (tertiary/aromatic N) is 4. The molecule has 0 radical (unpaired) electrons. The highest BCUT2D eigenvalue weighted by Gasteiger charge is 2.14. The molecular weight excluding hydrogens is 373 g/mol. The molecule has 0 aliphatic rings. The van der Waals surface area contributed by atoms with Crippen LogP contribution in [0.4, 0.5) is 4.39 Å². The molecule has 0 fully saturated rings. The third-order valence-electron chi connectivity index (χ3n) is 4.08. The van der Waals surface area contributed by atoms with E-state index in [0.29, 0.717) is 22.5 Å². The number of benzene rings is 2. The molecular formula is C18H13ClFN5O2. The fourth-order valence-electron chi connectivity index (χ4n) is 2.73. The predicted octanol–water partition coefficient (Wildman–Crippen LogP) is 2.15. The summed E-state index contributed by atoms with van der Waals surface area (Å²) in [6.07, 6.45) is 1.31. The van der Waals surface area contributed by atoms with Crippen molar-refractivity contribution in [1.82, 2.24) is 24.5 Å². The molecule has 0 atom stereocenters. The smallest absolute Gasteiger partial charge is 0.350 e. The van der Waals surface area contributed by atoms with E-state index < -0.39 is 11.5 Å². The number of halogens is 2. The average molecular weight is 386 g/mol. The lowest BCUT2D eigenvalue weighted by Crippen LogP contribution is -2.32. The molecule has 0 saturated carbocycles. The summed E-state index contributed by atoms with van der Waals surface area (Å²) in [6, 6.07) is 11.1. The van der Waals surface area contributed by atoms with E-state index in [4.69, 9.17) is 11.6 Å². The zero-order valence-corrected chi connectivity index (χ0v) is 14.7. The van der Waals surface area contributed by atoms with Gasteiger partial charge in [-0.2, -0.15) is 0 Å². The van der Waals surface area contributed by atoms with E-state index in [1.807, 2.05) is 0 Å². The van der Waals surface area contributed by atoms with Crippen molar-refractivity contribution in [3.63, 3.8) is 0 Å². The highest BCUT2D eigenvalue weighted by Crippen LogP contribution is 2.16. The van der Waals surface area contributed by atoms with Crippen molar-refractivity contribution in [3.8, 4) is 0 Å². The topological polar surface area (TPSA) is 81.3 Å². The Morgan fingerprint density at radius 1 is 1.19 bits per heavy atom. The van der Waals surface area contributed by atoms with Crippen LogP contribution in [0.3, 0.4) is 0 Å². The average Bonchev–Trinajstić information content (AvgIpc) is 2.97. The fourth-order valence-corrected chi connectivity index (χ4v) is 2.85. The van der Waals surface area contributed by atoms with Crippen LogP contribution in [-0.2, 0) is 17.9 Å². The van der Waals surface area contributed by atoms with Gasteiger partial charge in [0.05, 0.1) is 5.52 Å². The van der Waals surface area contributed by atoms with Gasteiger partial charge in [0.25, 0.3) is 0 Å². The Labute approximate surface area is 157 Å². The Kier molecular flexibility index (Phi) is 4.33. The quantitative estimate of drug-likeness (QED) is 0.583. The highest BCUT2D eigenvalue weighted by atomic mass is 35.5. The van der Waals surface area contributed by atoms with E-state index in [2.05, 4.69) is 15.4 Å². The van der Waals surface area contributed by atoms with Crippen LogP contribution < -0.4 is 11.0 Å². The maximum atomic E-state index is 13.5. The van der Waals surface area contributed by atoms with E-state index in [-0.39, 0.29) is 18.1 Å². The zero-order chi connectivity index (χ0) is 19.0. The fraction of sp³-hybridized carbons (Fsp3) is 0.111. The van der Waals surface area contributed by atoms with E-state index in [0.717, 1.165) is 10.2 Å². The van der Waals surface area contributed by atoms with Crippen LogP contribution in [0.15, 0.2) is 53.6 Å². The number of hydrogen-bond acceptors (Lipinski definition) is 4. The summed E-state index contributed by atoms with van der Waals surface area (Å²) in [5.41, 5.74) is 1.11. The van der Waals surface area contributed by atoms with Gasteiger partial charge in [0.1, 0.15) is 18.7 Å². The van der Waals surface area contributed by atoms with Gasteiger partial charge in [0.15, 0.2) is 5.65 Å². The molecule has 2 aromatic carbocycles. The van der Waals surface area contributed by atoms with Crippen molar-refractivity contribution in [2.45, 2.75) is 13.1 Å². The minimum absolute atomic E-state index is 0.245. The van der Waals surface area contributed by atoms with Gasteiger partial charge < -0.3 is 5.32 Å². The number of rotatable bonds is 4. The predicted molar refractivity (Wildman–Crippen MR) is 98.0 cm³/mol. The Morgan fingerprint density at radius 3 is 2.74 bits per heavy atom. The third kappa shape index (κ3) is 3.39. The first kappa shape index (κ1) is 17.2. The summed E-state index contributed by atoms with van der Waals surface area (Å²) < 4.78 is 15.8. The summed E-state index contributed by atoms with van der Waals surface area (Å²) in [4.78, 5) is 28.7. The highest BCUT2D eigenvalue weighted by molar-refractivity contribution is 6.30. The lowest BCUT2D eigenvalue weighted by Gasteiger charge is -2.05. The minimum atomic E-state index is -0.523. The van der Waals surface area contributed by atoms with Crippen LogP contribution in [0, 0.1) is 5.82 Å². The molecule has 1 amide bonds. The molecule has 0 saturated heterocycles. The van der Waals surface area contributed by atoms with Crippen molar-refractivity contribution < 1.29 is 9.18 Å². The van der Waals surface area contributed by atoms with Gasteiger partial charge in [-0.1, -0.05) is 23.7 Å². The standard InChI is InChI=1S/C18H13ClFN5O2/c19-12-3-1-11(2-4-12)8-21-16(26)9-25-18(27)24-10-22-15-6-5-13(20)7-14(15)17(24)23-25/h1-7,10H,8-9H2,(H,21,26). The van der Waals surface area contributed by atoms with Crippen LogP contribution in [0.2, 0.25) is 5.02 Å². The van der Waals surface area contributed by atoms with Crippen LogP contribution in [-0.4, -0.2) is 25.1 Å². The van der Waals surface area contributed by atoms with Gasteiger partial charge in [0.2, 0.25) is 5.91 Å². The third-order valence-corrected chi connectivity index (χ3v) is 4.33. The van der Waals surface area contributed by atoms with Crippen molar-refractivity contribution in [2.24, 2.45) is 0 Å². The monoisotopic (exact) mass is 385 g/mol. The molecule has 2 aromatic heterocycles. The molecule has 27 heavy (non-hydrogen) atoms. The Bertz CT molecular complexity index is 1220. The minimum Gasteiger partial charge on any atom is -0.350 e. The summed E-state index contributed by atoms with van der Waals surface area (Å²) >= 11 is 5.82. The van der Waals surface area contributed by atoms with Gasteiger partial charge in [-0.05, 0) is 35.9 Å². The number of nitrogens with one attached hydrogen (secondary N) is 1. The SMILES string of the molecule is O=C(Cn1nc2c3cc(F)ccc3ncn2c1=O)NCc1ccc(Cl)cc1. The van der Waals surface area contributed by atoms with Crippen molar-refractivity contribution in [2.75, 3.05) is 0 Å². The largest absolute Gasteiger partial charge is 0.352 e. The van der Waals surface area contributed by atoms with Crippen LogP contribution in [0.5, 0.6) is 0 Å². The first-order valence-electron chi connectivity index (χ1n) is 8.06. The van der Waals surface area contributed by atoms with Crippen LogP contribution >= 0.6 is 11.6 Å². The molecule has 0 bridgehead atoms. The summed E-state index contributed by atoms with van der Waals surface area (Å²) in [5.74, 6) is -0.834. The second-order valence-electron chi connectivity index (χ2n) is 5.94. The lowest BCUT2D eigenvalue weighted by atomic mass is 10.2. The Balaban J connectivity index is 1.58. The normalized spacial score (nSPS) is 11.2. The van der Waals surface area contributed by atoms with Gasteiger partial charge in [0, 0.05) is 17.0 Å². The molecule has 4 rings (SSSR count). The van der Waals surface area contributed by atoms with Gasteiger partial charge >= 0.3 is 5.69 Å². The van der Waals surface area contributed by atoms with Gasteiger partial charge in [-0.15, -0.1) is 5.10 Å². The molecule has 7 nitrogen and oxygen atoms in total. The number of fused-ring (bicyclic) bond motifs is 3. The van der Waals surface area contributed by atoms with Crippen molar-refractivity contribution in [1.29, 1.82) is 0 Å². The molecule has 4 aromatic rings. The van der Waals surface area contributed by atoms with Crippen molar-refractivity contribution in [3.05, 3.63) is 75.7 Å². The number of carbonyl (C=O) groups is 1. The van der Waals surface area contributed by atoms with E-state index in [1.54, 1.807) is 24.3 Å². The molecule has 1 N–H and O–H groups in total. The van der Waals surface area contributed by atoms with E-state index >= 15 is 0 Å². The number of carbonyl (C=O) groups excluding carboxylic acids is 1. The molecule has 0 aliphatic heterocycles. The summed E-state index contributed by atoms with van der Waals surface area (Å²) in [7, 11) is 0. The molecule has 136 valence electrons. The van der Waals surface area contributed by atoms with Crippen LogP contribution in [0.25, 0.3) is 16.6 Å². The maximum Gasteiger partial charge on any atom is 0.352 e. The number of amides is 1. The maximum absolute atomic E-state index is 13.5. The zero-order valence-electron chi connectivity index (χ0n) is 13.9. The molecule has 2 heterocycles. The summed E-state index contributed by atoms with van der Waals surface area (Å²) in [6.45, 7) is 0.0404. The van der Waals surface area contributed by atoms with Crippen molar-refractivity contribution >= 4 is 34.1 Å². The van der Waals surface area contributed by atoms with Crippen LogP contribution in [0.1, 0.15) is 5.56 Å². The Hall–Kier alpha value is -3.26. The molecule has 0 unspecified atom stereocenters. The van der Waals surface area contributed by atoms with E-state index in [1.165, 1.54) is 28.9 Å². The second kappa shape index (κ2) is 6.81. The van der Waals surface area contributed by atoms with Gasteiger partial charge in [-0.25, -0.2) is 23.3 Å². The van der Waals surface area contributed by atoms with Gasteiger partial charge in [-0.3, -0.25) is 4.79 Å². The summed E-state index contributed by atoms with van der Waals surface area (Å²) in [5, 5.41) is 7.90. The Morgan fingerprint density at radius 2 is 1.96 bits per heavy atom. The lowest BCUT2D eigenvalue weighted by molar-refractivity contribution is -0.122.